The van der Waals surface area contributed by atoms with Crippen LogP contribution in [0.1, 0.15) is 42.9 Å². The molecule has 2 aromatic carbocycles. The van der Waals surface area contributed by atoms with Gasteiger partial charge in [0.15, 0.2) is 0 Å². The number of carbonyl (C=O) groups excluding carboxylic acids is 2. The van der Waals surface area contributed by atoms with E-state index in [1.165, 1.54) is 0 Å². The van der Waals surface area contributed by atoms with Gasteiger partial charge in [0.25, 0.3) is 0 Å². The third-order valence-corrected chi connectivity index (χ3v) is 4.09. The third kappa shape index (κ3) is 6.26. The third-order valence-electron chi connectivity index (χ3n) is 4.09. The molecular formula is C21H25N3O3. The van der Waals surface area contributed by atoms with E-state index in [4.69, 9.17) is 0 Å². The van der Waals surface area contributed by atoms with Crippen LogP contribution in [0.2, 0.25) is 0 Å². The van der Waals surface area contributed by atoms with Crippen molar-refractivity contribution in [1.29, 1.82) is 0 Å². The summed E-state index contributed by atoms with van der Waals surface area (Å²) in [5, 5.41) is 16.3. The van der Waals surface area contributed by atoms with Crippen molar-refractivity contribution < 1.29 is 14.7 Å². The lowest BCUT2D eigenvalue weighted by Crippen LogP contribution is -2.22. The summed E-state index contributed by atoms with van der Waals surface area (Å²) >= 11 is 0. The van der Waals surface area contributed by atoms with Crippen LogP contribution in [0, 0.1) is 13.8 Å². The smallest absolute Gasteiger partial charge is 0.240 e. The highest BCUT2D eigenvalue weighted by atomic mass is 16.3. The molecule has 0 saturated heterocycles. The van der Waals surface area contributed by atoms with E-state index in [0.717, 1.165) is 22.4 Å². The number of hydrazone groups is 1. The Morgan fingerprint density at radius 1 is 1.00 bits per heavy atom. The van der Waals surface area contributed by atoms with Gasteiger partial charge < -0.3 is 10.4 Å². The second-order valence-electron chi connectivity index (χ2n) is 6.36. The fourth-order valence-corrected chi connectivity index (χ4v) is 2.58. The largest absolute Gasteiger partial charge is 0.508 e. The highest BCUT2D eigenvalue weighted by molar-refractivity contribution is 6.01. The quantitative estimate of drug-likeness (QED) is 0.515. The number of amides is 2. The van der Waals surface area contributed by atoms with Gasteiger partial charge in [0, 0.05) is 18.5 Å². The first kappa shape index (κ1) is 20.2. The van der Waals surface area contributed by atoms with Crippen LogP contribution < -0.4 is 10.7 Å². The average Bonchev–Trinajstić information content (AvgIpc) is 2.64. The molecule has 0 aliphatic carbocycles. The van der Waals surface area contributed by atoms with Crippen molar-refractivity contribution in [3.8, 4) is 5.75 Å². The van der Waals surface area contributed by atoms with E-state index in [9.17, 15) is 14.7 Å². The number of benzene rings is 2. The van der Waals surface area contributed by atoms with E-state index in [1.54, 1.807) is 24.3 Å². The van der Waals surface area contributed by atoms with Gasteiger partial charge in [0.1, 0.15) is 5.75 Å². The zero-order chi connectivity index (χ0) is 19.8. The van der Waals surface area contributed by atoms with E-state index in [2.05, 4.69) is 15.8 Å². The fraction of sp³-hybridized carbons (Fsp3) is 0.286. The summed E-state index contributed by atoms with van der Waals surface area (Å²) in [5.41, 5.74) is 6.88. The van der Waals surface area contributed by atoms with Crippen LogP contribution in [-0.2, 0) is 9.59 Å². The molecule has 0 saturated carbocycles. The van der Waals surface area contributed by atoms with Crippen molar-refractivity contribution in [1.82, 2.24) is 5.43 Å². The molecule has 2 aromatic rings. The Bertz CT molecular complexity index is 842. The van der Waals surface area contributed by atoms with E-state index in [0.29, 0.717) is 12.1 Å². The van der Waals surface area contributed by atoms with Crippen molar-refractivity contribution in [2.75, 3.05) is 5.32 Å². The molecule has 0 unspecified atom stereocenters. The first-order chi connectivity index (χ1) is 12.9. The van der Waals surface area contributed by atoms with Gasteiger partial charge in [-0.05, 0) is 61.7 Å². The molecule has 0 radical (unpaired) electrons. The van der Waals surface area contributed by atoms with Crippen LogP contribution in [0.15, 0.2) is 47.6 Å². The Balaban J connectivity index is 1.85. The molecule has 2 rings (SSSR count). The number of nitrogens with zero attached hydrogens (tertiary/aromatic N) is 1. The van der Waals surface area contributed by atoms with Crippen LogP contribution in [0.5, 0.6) is 5.75 Å². The monoisotopic (exact) mass is 367 g/mol. The SMILES string of the molecule is CCC(=NNC(=O)CCC(=O)Nc1ccc(C)cc1C)c1ccc(O)cc1. The summed E-state index contributed by atoms with van der Waals surface area (Å²) in [4.78, 5) is 24.0. The van der Waals surface area contributed by atoms with Crippen LogP contribution in [0.4, 0.5) is 5.69 Å². The minimum atomic E-state index is -0.324. The van der Waals surface area contributed by atoms with Crippen LogP contribution in [0.25, 0.3) is 0 Å². The predicted molar refractivity (Wildman–Crippen MR) is 107 cm³/mol. The first-order valence-corrected chi connectivity index (χ1v) is 8.91. The number of hydrogen-bond acceptors (Lipinski definition) is 4. The maximum absolute atomic E-state index is 12.1. The van der Waals surface area contributed by atoms with Crippen LogP contribution in [-0.4, -0.2) is 22.6 Å². The Morgan fingerprint density at radius 2 is 1.67 bits per heavy atom. The zero-order valence-corrected chi connectivity index (χ0v) is 15.9. The number of carbonyl (C=O) groups is 2. The molecule has 0 aliphatic rings. The molecule has 0 bridgehead atoms. The Labute approximate surface area is 159 Å². The second kappa shape index (κ2) is 9.52. The number of nitrogens with one attached hydrogen (secondary N) is 2. The lowest BCUT2D eigenvalue weighted by atomic mass is 10.1. The highest BCUT2D eigenvalue weighted by Gasteiger charge is 2.09. The van der Waals surface area contributed by atoms with Gasteiger partial charge in [0.2, 0.25) is 11.8 Å². The topological polar surface area (TPSA) is 90.8 Å². The lowest BCUT2D eigenvalue weighted by molar-refractivity contribution is -0.124. The summed E-state index contributed by atoms with van der Waals surface area (Å²) in [6.45, 7) is 5.85. The van der Waals surface area contributed by atoms with E-state index in [1.807, 2.05) is 39.0 Å². The number of aromatic hydroxyl groups is 1. The Hall–Kier alpha value is -3.15. The molecule has 0 heterocycles. The molecule has 3 N–H and O–H groups in total. The predicted octanol–water partition coefficient (Wildman–Crippen LogP) is 3.66. The van der Waals surface area contributed by atoms with Crippen molar-refractivity contribution in [3.05, 3.63) is 59.2 Å². The summed E-state index contributed by atoms with van der Waals surface area (Å²) in [6, 6.07) is 12.4. The maximum atomic E-state index is 12.1. The summed E-state index contributed by atoms with van der Waals surface area (Å²) in [6.07, 6.45) is 0.750. The van der Waals surface area contributed by atoms with Gasteiger partial charge in [-0.2, -0.15) is 5.10 Å². The van der Waals surface area contributed by atoms with Crippen LogP contribution in [0.3, 0.4) is 0 Å². The summed E-state index contributed by atoms with van der Waals surface area (Å²) < 4.78 is 0. The molecule has 0 aromatic heterocycles. The number of phenols is 1. The van der Waals surface area contributed by atoms with E-state index >= 15 is 0 Å². The molecule has 6 heteroatoms. The highest BCUT2D eigenvalue weighted by Crippen LogP contribution is 2.16. The number of phenolic OH excluding ortho intramolecular Hbond substituents is 1. The number of hydrogen-bond donors (Lipinski definition) is 3. The standard InChI is InChI=1S/C21H25N3O3/c1-4-18(16-6-8-17(25)9-7-16)23-24-21(27)12-11-20(26)22-19-10-5-14(2)13-15(19)3/h5-10,13,25H,4,11-12H2,1-3H3,(H,22,26)(H,24,27). The second-order valence-corrected chi connectivity index (χ2v) is 6.36. The van der Waals surface area contributed by atoms with Gasteiger partial charge in [-0.15, -0.1) is 0 Å². The summed E-state index contributed by atoms with van der Waals surface area (Å²) in [7, 11) is 0. The fourth-order valence-electron chi connectivity index (χ4n) is 2.58. The summed E-state index contributed by atoms with van der Waals surface area (Å²) in [5.74, 6) is -0.362. The maximum Gasteiger partial charge on any atom is 0.240 e. The Kier molecular flexibility index (Phi) is 7.11. The minimum Gasteiger partial charge on any atom is -0.508 e. The molecule has 142 valence electrons. The molecule has 0 fully saturated rings. The average molecular weight is 367 g/mol. The van der Waals surface area contributed by atoms with Crippen molar-refractivity contribution >= 4 is 23.2 Å². The van der Waals surface area contributed by atoms with Gasteiger partial charge >= 0.3 is 0 Å². The number of rotatable bonds is 7. The van der Waals surface area contributed by atoms with Crippen molar-refractivity contribution in [2.24, 2.45) is 5.10 Å². The van der Waals surface area contributed by atoms with Crippen molar-refractivity contribution in [3.63, 3.8) is 0 Å². The molecule has 6 nitrogen and oxygen atoms in total. The molecule has 0 spiro atoms. The molecule has 27 heavy (non-hydrogen) atoms. The zero-order valence-electron chi connectivity index (χ0n) is 15.9. The van der Waals surface area contributed by atoms with Gasteiger partial charge in [-0.3, -0.25) is 9.59 Å². The molecule has 2 amide bonds. The molecule has 0 aliphatic heterocycles. The van der Waals surface area contributed by atoms with Gasteiger partial charge in [0.05, 0.1) is 5.71 Å². The number of anilines is 1. The van der Waals surface area contributed by atoms with Crippen LogP contribution >= 0.6 is 0 Å². The number of aryl methyl sites for hydroxylation is 2. The van der Waals surface area contributed by atoms with E-state index < -0.39 is 0 Å². The van der Waals surface area contributed by atoms with E-state index in [-0.39, 0.29) is 30.4 Å². The first-order valence-electron chi connectivity index (χ1n) is 8.91. The lowest BCUT2D eigenvalue weighted by Gasteiger charge is -2.09. The molecule has 0 atom stereocenters. The van der Waals surface area contributed by atoms with Gasteiger partial charge in [-0.25, -0.2) is 5.43 Å². The van der Waals surface area contributed by atoms with Gasteiger partial charge in [-0.1, -0.05) is 24.6 Å². The Morgan fingerprint density at radius 3 is 2.30 bits per heavy atom. The molecular weight excluding hydrogens is 342 g/mol. The van der Waals surface area contributed by atoms with Crippen molar-refractivity contribution in [2.45, 2.75) is 40.0 Å². The normalized spacial score (nSPS) is 11.1. The minimum absolute atomic E-state index is 0.0484.